The van der Waals surface area contributed by atoms with Crippen LogP contribution in [0.4, 0.5) is 5.69 Å². The van der Waals surface area contributed by atoms with E-state index in [4.69, 9.17) is 11.6 Å². The molecule has 3 rings (SSSR count). The number of likely N-dealkylation sites (N-methyl/N-ethyl adjacent to an activating group) is 2. The zero-order valence-electron chi connectivity index (χ0n) is 16.4. The van der Waals surface area contributed by atoms with E-state index in [1.165, 1.54) is 11.3 Å². The quantitative estimate of drug-likeness (QED) is 0.529. The van der Waals surface area contributed by atoms with E-state index in [1.807, 2.05) is 18.3 Å². The lowest BCUT2D eigenvalue weighted by Gasteiger charge is -2.34. The number of fused-ring (bicyclic) bond motifs is 1. The van der Waals surface area contributed by atoms with E-state index >= 15 is 0 Å². The minimum absolute atomic E-state index is 0.369. The highest BCUT2D eigenvalue weighted by atomic mass is 35.5. The van der Waals surface area contributed by atoms with E-state index < -0.39 is 0 Å². The first-order valence-corrected chi connectivity index (χ1v) is 10.0. The van der Waals surface area contributed by atoms with Gasteiger partial charge in [-0.25, -0.2) is 0 Å². The summed E-state index contributed by atoms with van der Waals surface area (Å²) in [6.07, 6.45) is 2.88. The van der Waals surface area contributed by atoms with Crippen LogP contribution in [0.3, 0.4) is 0 Å². The number of hydrogen-bond acceptors (Lipinski definition) is 3. The highest BCUT2D eigenvalue weighted by molar-refractivity contribution is 6.31. The molecule has 0 N–H and O–H groups in total. The van der Waals surface area contributed by atoms with Gasteiger partial charge in [-0.15, -0.1) is 0 Å². The summed E-state index contributed by atoms with van der Waals surface area (Å²) in [4.78, 5) is 9.40. The molecule has 0 amide bonds. The van der Waals surface area contributed by atoms with Crippen LogP contribution < -0.4 is 4.90 Å². The van der Waals surface area contributed by atoms with Gasteiger partial charge in [-0.1, -0.05) is 55.8 Å². The van der Waals surface area contributed by atoms with Gasteiger partial charge >= 0.3 is 0 Å². The zero-order valence-corrected chi connectivity index (χ0v) is 17.2. The molecular formula is C23H28ClN3. The van der Waals surface area contributed by atoms with Gasteiger partial charge in [0.15, 0.2) is 0 Å². The second kappa shape index (κ2) is 9.20. The smallest absolute Gasteiger partial charge is 0.0737 e. The van der Waals surface area contributed by atoms with Crippen molar-refractivity contribution < 1.29 is 0 Å². The average Bonchev–Trinajstić information content (AvgIpc) is 2.70. The molecule has 1 aromatic heterocycles. The molecule has 0 saturated heterocycles. The lowest BCUT2D eigenvalue weighted by Crippen LogP contribution is -2.43. The van der Waals surface area contributed by atoms with E-state index in [9.17, 15) is 0 Å². The van der Waals surface area contributed by atoms with Crippen LogP contribution in [0.2, 0.25) is 5.02 Å². The number of aromatic nitrogens is 1. The summed E-state index contributed by atoms with van der Waals surface area (Å²) in [5, 5.41) is 1.86. The Labute approximate surface area is 167 Å². The highest BCUT2D eigenvalue weighted by Gasteiger charge is 2.20. The van der Waals surface area contributed by atoms with E-state index in [0.29, 0.717) is 6.04 Å². The molecule has 0 aliphatic carbocycles. The number of anilines is 1. The summed E-state index contributed by atoms with van der Waals surface area (Å²) in [7, 11) is 2.19. The Morgan fingerprint density at radius 2 is 1.74 bits per heavy atom. The number of pyridine rings is 1. The van der Waals surface area contributed by atoms with Crippen LogP contribution >= 0.6 is 11.6 Å². The van der Waals surface area contributed by atoms with Gasteiger partial charge in [-0.05, 0) is 49.3 Å². The van der Waals surface area contributed by atoms with Gasteiger partial charge in [0, 0.05) is 41.9 Å². The van der Waals surface area contributed by atoms with Crippen LogP contribution in [0.25, 0.3) is 10.9 Å². The molecule has 0 saturated carbocycles. The van der Waals surface area contributed by atoms with Crippen molar-refractivity contribution in [1.82, 2.24) is 9.88 Å². The van der Waals surface area contributed by atoms with Crippen molar-refractivity contribution in [2.24, 2.45) is 0 Å². The Balaban J connectivity index is 1.95. The number of halogens is 1. The topological polar surface area (TPSA) is 19.4 Å². The van der Waals surface area contributed by atoms with Crippen LogP contribution in [0.15, 0.2) is 60.8 Å². The lowest BCUT2D eigenvalue weighted by atomic mass is 10.0. The van der Waals surface area contributed by atoms with Gasteiger partial charge in [-0.3, -0.25) is 4.98 Å². The first-order chi connectivity index (χ1) is 13.1. The standard InChI is InChI=1S/C23H28ClN3/c1-4-27(5-2)17-20(15-18-9-7-6-8-10-18)26(3)23-13-14-25-22-16-19(24)11-12-21(22)23/h6-14,16,20H,4-5,15,17H2,1-3H3. The molecule has 142 valence electrons. The summed E-state index contributed by atoms with van der Waals surface area (Å²) >= 11 is 6.17. The first kappa shape index (κ1) is 19.7. The van der Waals surface area contributed by atoms with E-state index in [0.717, 1.165) is 42.0 Å². The molecule has 3 nitrogen and oxygen atoms in total. The Morgan fingerprint density at radius 3 is 2.44 bits per heavy atom. The maximum atomic E-state index is 6.17. The average molecular weight is 382 g/mol. The van der Waals surface area contributed by atoms with E-state index in [2.05, 4.69) is 78.1 Å². The van der Waals surface area contributed by atoms with Crippen molar-refractivity contribution in [3.63, 3.8) is 0 Å². The molecule has 2 aromatic carbocycles. The van der Waals surface area contributed by atoms with Gasteiger partial charge in [0.05, 0.1) is 5.52 Å². The van der Waals surface area contributed by atoms with Gasteiger partial charge in [0.2, 0.25) is 0 Å². The van der Waals surface area contributed by atoms with Crippen LogP contribution in [0, 0.1) is 0 Å². The monoisotopic (exact) mass is 381 g/mol. The second-order valence-electron chi connectivity index (χ2n) is 6.93. The molecule has 0 aliphatic heterocycles. The molecule has 0 radical (unpaired) electrons. The van der Waals surface area contributed by atoms with Crippen LogP contribution in [0.1, 0.15) is 19.4 Å². The number of rotatable bonds is 8. The molecule has 3 aromatic rings. The fourth-order valence-electron chi connectivity index (χ4n) is 3.60. The van der Waals surface area contributed by atoms with Crippen molar-refractivity contribution in [3.05, 3.63) is 71.4 Å². The Morgan fingerprint density at radius 1 is 1.00 bits per heavy atom. The SMILES string of the molecule is CCN(CC)CC(Cc1ccccc1)N(C)c1ccnc2cc(Cl)ccc12. The molecule has 27 heavy (non-hydrogen) atoms. The molecule has 0 aliphatic rings. The molecule has 0 fully saturated rings. The van der Waals surface area contributed by atoms with Crippen molar-refractivity contribution in [1.29, 1.82) is 0 Å². The third kappa shape index (κ3) is 4.79. The third-order valence-corrected chi connectivity index (χ3v) is 5.52. The van der Waals surface area contributed by atoms with Gasteiger partial charge < -0.3 is 9.80 Å². The van der Waals surface area contributed by atoms with Crippen LogP contribution in [-0.2, 0) is 6.42 Å². The van der Waals surface area contributed by atoms with Gasteiger partial charge in [0.25, 0.3) is 0 Å². The molecule has 1 heterocycles. The van der Waals surface area contributed by atoms with E-state index in [1.54, 1.807) is 0 Å². The molecular weight excluding hydrogens is 354 g/mol. The summed E-state index contributed by atoms with van der Waals surface area (Å²) in [5.74, 6) is 0. The summed E-state index contributed by atoms with van der Waals surface area (Å²) in [6.45, 7) is 7.60. The third-order valence-electron chi connectivity index (χ3n) is 5.29. The summed E-state index contributed by atoms with van der Waals surface area (Å²) in [6, 6.07) is 19.2. The largest absolute Gasteiger partial charge is 0.369 e. The van der Waals surface area contributed by atoms with Crippen molar-refractivity contribution in [2.45, 2.75) is 26.3 Å². The molecule has 4 heteroatoms. The number of nitrogens with zero attached hydrogens (tertiary/aromatic N) is 3. The second-order valence-corrected chi connectivity index (χ2v) is 7.37. The fraction of sp³-hybridized carbons (Fsp3) is 0.348. The van der Waals surface area contributed by atoms with Gasteiger partial charge in [-0.2, -0.15) is 0 Å². The zero-order chi connectivity index (χ0) is 19.2. The Hall–Kier alpha value is -2.10. The maximum Gasteiger partial charge on any atom is 0.0737 e. The van der Waals surface area contributed by atoms with Crippen LogP contribution in [0.5, 0.6) is 0 Å². The normalized spacial score (nSPS) is 12.5. The highest BCUT2D eigenvalue weighted by Crippen LogP contribution is 2.28. The molecule has 0 spiro atoms. The van der Waals surface area contributed by atoms with Crippen molar-refractivity contribution in [2.75, 3.05) is 31.6 Å². The van der Waals surface area contributed by atoms with Crippen molar-refractivity contribution >= 4 is 28.2 Å². The molecule has 1 unspecified atom stereocenters. The Kier molecular flexibility index (Phi) is 6.70. The number of hydrogen-bond donors (Lipinski definition) is 0. The summed E-state index contributed by atoms with van der Waals surface area (Å²) < 4.78 is 0. The maximum absolute atomic E-state index is 6.17. The summed E-state index contributed by atoms with van der Waals surface area (Å²) in [5.41, 5.74) is 3.50. The predicted molar refractivity (Wildman–Crippen MR) is 117 cm³/mol. The van der Waals surface area contributed by atoms with Gasteiger partial charge in [0.1, 0.15) is 0 Å². The minimum atomic E-state index is 0.369. The molecule has 0 bridgehead atoms. The van der Waals surface area contributed by atoms with Crippen LogP contribution in [-0.4, -0.2) is 42.6 Å². The van der Waals surface area contributed by atoms with E-state index in [-0.39, 0.29) is 0 Å². The number of benzene rings is 2. The van der Waals surface area contributed by atoms with Crippen molar-refractivity contribution in [3.8, 4) is 0 Å². The predicted octanol–water partition coefficient (Wildman–Crippen LogP) is 5.28. The molecule has 1 atom stereocenters. The Bertz CT molecular complexity index is 862. The lowest BCUT2D eigenvalue weighted by molar-refractivity contribution is 0.279. The first-order valence-electron chi connectivity index (χ1n) is 9.65. The fourth-order valence-corrected chi connectivity index (χ4v) is 3.77. The minimum Gasteiger partial charge on any atom is -0.369 e.